The molecule has 0 radical (unpaired) electrons. The molecule has 3 heteroatoms. The maximum atomic E-state index is 6.11. The molecule has 0 saturated heterocycles. The normalized spacial score (nSPS) is 18.7. The molecule has 2 nitrogen and oxygen atoms in total. The van der Waals surface area contributed by atoms with Gasteiger partial charge in [-0.05, 0) is 18.9 Å². The highest BCUT2D eigenvalue weighted by atomic mass is 35.5. The maximum absolute atomic E-state index is 6.11. The van der Waals surface area contributed by atoms with Crippen LogP contribution in [0.3, 0.4) is 0 Å². The van der Waals surface area contributed by atoms with Crippen LogP contribution in [-0.4, -0.2) is 0 Å². The first-order chi connectivity index (χ1) is 6.81. The standard InChI is InChI=1S/C11H16ClNO/c12-10-6-9(7-13)14-11(10)8-4-2-1-3-5-8/h6,8H,1-5,7,13H2. The highest BCUT2D eigenvalue weighted by Gasteiger charge is 2.21. The Balaban J connectivity index is 2.17. The van der Waals surface area contributed by atoms with Crippen LogP contribution in [0.1, 0.15) is 49.5 Å². The molecular weight excluding hydrogens is 198 g/mol. The van der Waals surface area contributed by atoms with Crippen LogP contribution in [0.5, 0.6) is 0 Å². The summed E-state index contributed by atoms with van der Waals surface area (Å²) in [5.74, 6) is 2.29. The van der Waals surface area contributed by atoms with Crippen LogP contribution in [-0.2, 0) is 6.54 Å². The quantitative estimate of drug-likeness (QED) is 0.818. The zero-order chi connectivity index (χ0) is 9.97. The Labute approximate surface area is 89.4 Å². The Morgan fingerprint density at radius 3 is 2.64 bits per heavy atom. The Morgan fingerprint density at radius 1 is 1.36 bits per heavy atom. The number of halogens is 1. The molecule has 78 valence electrons. The van der Waals surface area contributed by atoms with Gasteiger partial charge in [-0.2, -0.15) is 0 Å². The zero-order valence-corrected chi connectivity index (χ0v) is 9.02. The van der Waals surface area contributed by atoms with Gasteiger partial charge in [0, 0.05) is 5.92 Å². The Kier molecular flexibility index (Phi) is 3.14. The van der Waals surface area contributed by atoms with Crippen molar-refractivity contribution in [3.63, 3.8) is 0 Å². The SMILES string of the molecule is NCc1cc(Cl)c(C2CCCCC2)o1. The molecule has 0 amide bonds. The third kappa shape index (κ3) is 1.96. The number of furan rings is 1. The lowest BCUT2D eigenvalue weighted by atomic mass is 9.87. The van der Waals surface area contributed by atoms with Crippen LogP contribution in [0.15, 0.2) is 10.5 Å². The summed E-state index contributed by atoms with van der Waals surface area (Å²) in [5.41, 5.74) is 5.51. The highest BCUT2D eigenvalue weighted by molar-refractivity contribution is 6.31. The van der Waals surface area contributed by atoms with E-state index in [1.165, 1.54) is 32.1 Å². The van der Waals surface area contributed by atoms with Crippen molar-refractivity contribution in [1.29, 1.82) is 0 Å². The van der Waals surface area contributed by atoms with Gasteiger partial charge in [0.2, 0.25) is 0 Å². The van der Waals surface area contributed by atoms with E-state index in [9.17, 15) is 0 Å². The first kappa shape index (κ1) is 10.1. The summed E-state index contributed by atoms with van der Waals surface area (Å²) in [5, 5.41) is 0.761. The smallest absolute Gasteiger partial charge is 0.125 e. The predicted octanol–water partition coefficient (Wildman–Crippen LogP) is 3.44. The molecular formula is C11H16ClNO. The topological polar surface area (TPSA) is 39.2 Å². The number of hydrogen-bond donors (Lipinski definition) is 1. The van der Waals surface area contributed by atoms with Gasteiger partial charge in [-0.1, -0.05) is 30.9 Å². The van der Waals surface area contributed by atoms with Gasteiger partial charge >= 0.3 is 0 Å². The van der Waals surface area contributed by atoms with E-state index < -0.39 is 0 Å². The Morgan fingerprint density at radius 2 is 2.07 bits per heavy atom. The van der Waals surface area contributed by atoms with Crippen molar-refractivity contribution in [2.24, 2.45) is 5.73 Å². The van der Waals surface area contributed by atoms with Gasteiger partial charge < -0.3 is 10.2 Å². The first-order valence-electron chi connectivity index (χ1n) is 5.29. The summed E-state index contributed by atoms with van der Waals surface area (Å²) in [7, 11) is 0. The van der Waals surface area contributed by atoms with Gasteiger partial charge in [0.25, 0.3) is 0 Å². The second-order valence-electron chi connectivity index (χ2n) is 3.96. The molecule has 14 heavy (non-hydrogen) atoms. The van der Waals surface area contributed by atoms with E-state index in [1.807, 2.05) is 6.07 Å². The summed E-state index contributed by atoms with van der Waals surface area (Å²) in [6, 6.07) is 1.85. The number of hydrogen-bond acceptors (Lipinski definition) is 2. The minimum absolute atomic E-state index is 0.437. The fourth-order valence-corrected chi connectivity index (χ4v) is 2.49. The molecule has 0 bridgehead atoms. The lowest BCUT2D eigenvalue weighted by molar-refractivity contribution is 0.362. The molecule has 1 aliphatic carbocycles. The third-order valence-electron chi connectivity index (χ3n) is 2.94. The number of nitrogens with two attached hydrogens (primary N) is 1. The lowest BCUT2D eigenvalue weighted by Crippen LogP contribution is -2.03. The van der Waals surface area contributed by atoms with Crippen LogP contribution in [0.4, 0.5) is 0 Å². The first-order valence-corrected chi connectivity index (χ1v) is 5.67. The average molecular weight is 214 g/mol. The molecule has 1 aliphatic rings. The van der Waals surface area contributed by atoms with E-state index in [4.69, 9.17) is 21.8 Å². The molecule has 0 spiro atoms. The molecule has 0 aliphatic heterocycles. The summed E-state index contributed by atoms with van der Waals surface area (Å²) in [4.78, 5) is 0. The molecule has 0 unspecified atom stereocenters. The van der Waals surface area contributed by atoms with E-state index in [2.05, 4.69) is 0 Å². The van der Waals surface area contributed by atoms with Gasteiger partial charge in [0.15, 0.2) is 0 Å². The minimum atomic E-state index is 0.437. The summed E-state index contributed by atoms with van der Waals surface area (Å²) < 4.78 is 5.65. The highest BCUT2D eigenvalue weighted by Crippen LogP contribution is 2.37. The third-order valence-corrected chi connectivity index (χ3v) is 3.24. The maximum Gasteiger partial charge on any atom is 0.125 e. The zero-order valence-electron chi connectivity index (χ0n) is 8.26. The Hall–Kier alpha value is -0.470. The Bertz CT molecular complexity index is 302. The largest absolute Gasteiger partial charge is 0.463 e. The van der Waals surface area contributed by atoms with Crippen molar-refractivity contribution < 1.29 is 4.42 Å². The van der Waals surface area contributed by atoms with E-state index in [1.54, 1.807) is 0 Å². The van der Waals surface area contributed by atoms with E-state index >= 15 is 0 Å². The molecule has 1 heterocycles. The van der Waals surface area contributed by atoms with E-state index in [-0.39, 0.29) is 0 Å². The molecule has 2 N–H and O–H groups in total. The van der Waals surface area contributed by atoms with Crippen LogP contribution in [0.2, 0.25) is 5.02 Å². The predicted molar refractivity (Wildman–Crippen MR) is 57.4 cm³/mol. The molecule has 1 saturated carbocycles. The second kappa shape index (κ2) is 4.37. The van der Waals surface area contributed by atoms with Gasteiger partial charge in [0.05, 0.1) is 11.6 Å². The molecule has 1 aromatic heterocycles. The van der Waals surface area contributed by atoms with Crippen molar-refractivity contribution in [2.75, 3.05) is 0 Å². The van der Waals surface area contributed by atoms with Crippen molar-refractivity contribution in [1.82, 2.24) is 0 Å². The lowest BCUT2D eigenvalue weighted by Gasteiger charge is -2.19. The van der Waals surface area contributed by atoms with E-state index in [0.717, 1.165) is 16.5 Å². The van der Waals surface area contributed by atoms with E-state index in [0.29, 0.717) is 12.5 Å². The van der Waals surface area contributed by atoms with Gasteiger partial charge in [0.1, 0.15) is 11.5 Å². The average Bonchev–Trinajstić information content (AvgIpc) is 2.61. The van der Waals surface area contributed by atoms with Crippen LogP contribution >= 0.6 is 11.6 Å². The van der Waals surface area contributed by atoms with Crippen LogP contribution in [0.25, 0.3) is 0 Å². The molecule has 0 aromatic carbocycles. The van der Waals surface area contributed by atoms with Crippen LogP contribution in [0, 0.1) is 0 Å². The second-order valence-corrected chi connectivity index (χ2v) is 4.37. The van der Waals surface area contributed by atoms with Gasteiger partial charge in [-0.15, -0.1) is 0 Å². The number of rotatable bonds is 2. The van der Waals surface area contributed by atoms with Crippen molar-refractivity contribution in [2.45, 2.75) is 44.6 Å². The minimum Gasteiger partial charge on any atom is -0.463 e. The fraction of sp³-hybridized carbons (Fsp3) is 0.636. The van der Waals surface area contributed by atoms with Gasteiger partial charge in [-0.3, -0.25) is 0 Å². The molecule has 1 fully saturated rings. The molecule has 0 atom stereocenters. The van der Waals surface area contributed by atoms with Crippen molar-refractivity contribution in [3.8, 4) is 0 Å². The monoisotopic (exact) mass is 213 g/mol. The van der Waals surface area contributed by atoms with Crippen molar-refractivity contribution in [3.05, 3.63) is 22.6 Å². The summed E-state index contributed by atoms with van der Waals surface area (Å²) >= 11 is 6.11. The van der Waals surface area contributed by atoms with Crippen LogP contribution < -0.4 is 5.73 Å². The summed E-state index contributed by atoms with van der Waals surface area (Å²) in [6.07, 6.45) is 6.34. The molecule has 1 aromatic rings. The fourth-order valence-electron chi connectivity index (χ4n) is 2.18. The van der Waals surface area contributed by atoms with Crippen molar-refractivity contribution >= 4 is 11.6 Å². The summed E-state index contributed by atoms with van der Waals surface area (Å²) in [6.45, 7) is 0.437. The van der Waals surface area contributed by atoms with Gasteiger partial charge in [-0.25, -0.2) is 0 Å². The molecule has 2 rings (SSSR count).